The number of imide groups is 2. The minimum Gasteiger partial charge on any atom is -0.508 e. The van der Waals surface area contributed by atoms with Gasteiger partial charge in [-0.15, -0.1) is 11.3 Å². The van der Waals surface area contributed by atoms with Gasteiger partial charge in [0.05, 0.1) is 33.7 Å². The van der Waals surface area contributed by atoms with Crippen LogP contribution in [0, 0.1) is 42.9 Å². The molecule has 11 heteroatoms. The van der Waals surface area contributed by atoms with E-state index in [-0.39, 0.29) is 35.8 Å². The van der Waals surface area contributed by atoms with Crippen molar-refractivity contribution >= 4 is 68.2 Å². The molecule has 4 aliphatic rings. The van der Waals surface area contributed by atoms with E-state index in [2.05, 4.69) is 0 Å². The van der Waals surface area contributed by atoms with Gasteiger partial charge in [0.1, 0.15) is 17.3 Å². The van der Waals surface area contributed by atoms with Crippen LogP contribution in [0.3, 0.4) is 0 Å². The van der Waals surface area contributed by atoms with Crippen LogP contribution in [-0.4, -0.2) is 38.5 Å². The molecule has 6 atom stereocenters. The first-order valence-electron chi connectivity index (χ1n) is 17.4. The van der Waals surface area contributed by atoms with Gasteiger partial charge in [-0.25, -0.2) is 4.90 Å². The minimum atomic E-state index is -1.21. The highest BCUT2D eigenvalue weighted by atomic mass is 35.5. The molecule has 9 nitrogen and oxygen atoms in total. The Labute approximate surface area is 309 Å². The molecule has 3 fully saturated rings. The monoisotopic (exact) mass is 730 g/mol. The van der Waals surface area contributed by atoms with Crippen molar-refractivity contribution in [3.63, 3.8) is 0 Å². The van der Waals surface area contributed by atoms with E-state index in [9.17, 15) is 19.5 Å². The molecule has 2 saturated heterocycles. The summed E-state index contributed by atoms with van der Waals surface area (Å²) in [5.41, 5.74) is 3.30. The zero-order chi connectivity index (χ0) is 36.4. The van der Waals surface area contributed by atoms with Gasteiger partial charge in [0.2, 0.25) is 23.6 Å². The number of halogens is 1. The van der Waals surface area contributed by atoms with Crippen LogP contribution in [0.15, 0.2) is 84.4 Å². The molecule has 4 heterocycles. The van der Waals surface area contributed by atoms with Crippen LogP contribution in [0.4, 0.5) is 11.5 Å². The van der Waals surface area contributed by atoms with E-state index in [1.807, 2.05) is 56.3 Å². The highest BCUT2D eigenvalue weighted by molar-refractivity contribution is 7.22. The summed E-state index contributed by atoms with van der Waals surface area (Å²) in [6.07, 6.45) is 2.65. The van der Waals surface area contributed by atoms with Gasteiger partial charge in [-0.1, -0.05) is 53.6 Å². The quantitative estimate of drug-likeness (QED) is 0.150. The van der Waals surface area contributed by atoms with Crippen LogP contribution >= 0.6 is 22.9 Å². The number of hydrogen-bond donors (Lipinski definition) is 1. The summed E-state index contributed by atoms with van der Waals surface area (Å²) in [4.78, 5) is 61.6. The summed E-state index contributed by atoms with van der Waals surface area (Å²) in [6.45, 7) is 5.68. The molecule has 1 N–H and O–H groups in total. The minimum absolute atomic E-state index is 0.127. The second kappa shape index (κ2) is 11.5. The molecule has 3 aromatic carbocycles. The first-order valence-corrected chi connectivity index (χ1v) is 18.6. The van der Waals surface area contributed by atoms with Crippen LogP contribution in [-0.2, 0) is 26.2 Å². The fraction of sp³-hybridized carbons (Fsp3) is 0.293. The van der Waals surface area contributed by atoms with Crippen LogP contribution in [0.2, 0.25) is 5.02 Å². The van der Waals surface area contributed by atoms with Crippen molar-refractivity contribution in [2.75, 3.05) is 9.80 Å². The number of nitrogens with zero attached hydrogens (tertiary/aromatic N) is 4. The highest BCUT2D eigenvalue weighted by Gasteiger charge is 2.68. The molecule has 52 heavy (non-hydrogen) atoms. The number of fused-ring (bicyclic) bond motifs is 5. The summed E-state index contributed by atoms with van der Waals surface area (Å²) in [7, 11) is 1.73. The second-order valence-corrected chi connectivity index (χ2v) is 16.3. The summed E-state index contributed by atoms with van der Waals surface area (Å²) in [5.74, 6) is -3.71. The smallest absolute Gasteiger partial charge is 0.242 e. The molecule has 0 bridgehead atoms. The van der Waals surface area contributed by atoms with E-state index in [0.717, 1.165) is 31.7 Å². The topological polar surface area (TPSA) is 113 Å². The van der Waals surface area contributed by atoms with Crippen molar-refractivity contribution in [2.24, 2.45) is 36.1 Å². The summed E-state index contributed by atoms with van der Waals surface area (Å²) >= 11 is 7.89. The zero-order valence-electron chi connectivity index (χ0n) is 29.0. The van der Waals surface area contributed by atoms with Gasteiger partial charge in [0.15, 0.2) is 0 Å². The average Bonchev–Trinajstić information content (AvgIpc) is 3.80. The van der Waals surface area contributed by atoms with Crippen LogP contribution in [0.1, 0.15) is 42.4 Å². The molecule has 2 aliphatic heterocycles. The lowest BCUT2D eigenvalue weighted by molar-refractivity contribution is -0.131. The fourth-order valence-corrected chi connectivity index (χ4v) is 10.8. The third-order valence-electron chi connectivity index (χ3n) is 12.1. The first-order chi connectivity index (χ1) is 24.9. The molecule has 9 rings (SSSR count). The van der Waals surface area contributed by atoms with Gasteiger partial charge in [0.25, 0.3) is 0 Å². The van der Waals surface area contributed by atoms with Crippen molar-refractivity contribution in [1.82, 2.24) is 9.78 Å². The molecule has 262 valence electrons. The van der Waals surface area contributed by atoms with E-state index in [0.29, 0.717) is 34.2 Å². The Bertz CT molecular complexity index is 2430. The van der Waals surface area contributed by atoms with Crippen LogP contribution in [0.25, 0.3) is 20.7 Å². The first kappa shape index (κ1) is 32.8. The number of allylic oxidation sites excluding steroid dienone is 2. The SMILES string of the molecule is Cc1cc(C2C3=CCC4C(=O)N(c5ccccc5)C(=O)C4C3CC3C(=O)N(c4cc(-c5sc6ccc(Cl)cc6c5C)nn4C)C(=O)C32C)ccc1O. The number of aryl methyl sites for hydroxylation is 3. The number of anilines is 2. The van der Waals surface area contributed by atoms with Crippen molar-refractivity contribution in [1.29, 1.82) is 0 Å². The van der Waals surface area contributed by atoms with E-state index in [1.54, 1.807) is 66.4 Å². The number of benzene rings is 3. The van der Waals surface area contributed by atoms with Crippen molar-refractivity contribution in [2.45, 2.75) is 39.5 Å². The predicted molar refractivity (Wildman–Crippen MR) is 200 cm³/mol. The van der Waals surface area contributed by atoms with Crippen molar-refractivity contribution in [3.8, 4) is 16.3 Å². The van der Waals surface area contributed by atoms with E-state index >= 15 is 4.79 Å². The molecule has 6 unspecified atom stereocenters. The van der Waals surface area contributed by atoms with E-state index in [4.69, 9.17) is 16.7 Å². The molecule has 2 aliphatic carbocycles. The number of rotatable bonds is 4. The Morgan fingerprint density at radius 2 is 1.67 bits per heavy atom. The number of amides is 4. The fourth-order valence-electron chi connectivity index (χ4n) is 9.52. The normalized spacial score (nSPS) is 26.9. The molecule has 1 saturated carbocycles. The van der Waals surface area contributed by atoms with Crippen LogP contribution in [0.5, 0.6) is 5.75 Å². The zero-order valence-corrected chi connectivity index (χ0v) is 30.5. The summed E-state index contributed by atoms with van der Waals surface area (Å²) in [6, 6.07) is 21.8. The van der Waals surface area contributed by atoms with Crippen molar-refractivity contribution in [3.05, 3.63) is 106 Å². The van der Waals surface area contributed by atoms with Crippen molar-refractivity contribution < 1.29 is 24.3 Å². The number of carbonyl (C=O) groups is 4. The Hall–Kier alpha value is -5.06. The maximum atomic E-state index is 15.1. The number of hydrogen-bond acceptors (Lipinski definition) is 7. The van der Waals surface area contributed by atoms with E-state index < -0.39 is 35.0 Å². The molecular weight excluding hydrogens is 696 g/mol. The molecule has 5 aromatic rings. The number of aromatic nitrogens is 2. The largest absolute Gasteiger partial charge is 0.508 e. The Balaban J connectivity index is 1.16. The molecule has 2 aromatic heterocycles. The molecule has 4 amide bonds. The Morgan fingerprint density at radius 1 is 0.904 bits per heavy atom. The summed E-state index contributed by atoms with van der Waals surface area (Å²) < 4.78 is 2.64. The van der Waals surface area contributed by atoms with Crippen LogP contribution < -0.4 is 9.80 Å². The lowest BCUT2D eigenvalue weighted by atomic mass is 9.51. The Morgan fingerprint density at radius 3 is 2.42 bits per heavy atom. The number of phenolic OH excluding ortho intramolecular Hbond substituents is 1. The summed E-state index contributed by atoms with van der Waals surface area (Å²) in [5, 5.41) is 17.0. The standard InChI is InChI=1S/C41H35ClN4O5S/c1-20-16-22(10-14-31(20)47)35-25-12-13-26-34(39(50)45(37(26)48)24-8-6-5-7-9-24)28(25)18-29-38(49)46(40(51)41(29,35)3)33-19-30(43-44(33)4)36-21(2)27-17-23(42)11-15-32(27)52-36/h5-12,14-17,19,26,28-29,34-35,47H,13,18H2,1-4H3. The third kappa shape index (κ3) is 4.43. The van der Waals surface area contributed by atoms with Gasteiger partial charge < -0.3 is 5.11 Å². The van der Waals surface area contributed by atoms with Gasteiger partial charge in [-0.3, -0.25) is 28.8 Å². The van der Waals surface area contributed by atoms with E-state index in [1.165, 1.54) is 9.80 Å². The van der Waals surface area contributed by atoms with Gasteiger partial charge in [-0.05, 0) is 98.0 Å². The average molecular weight is 731 g/mol. The number of aromatic hydroxyl groups is 1. The molecule has 0 spiro atoms. The number of carbonyl (C=O) groups excluding carboxylic acids is 4. The number of thiophene rings is 1. The maximum Gasteiger partial charge on any atom is 0.242 e. The molecule has 0 radical (unpaired) electrons. The highest BCUT2D eigenvalue weighted by Crippen LogP contribution is 2.64. The van der Waals surface area contributed by atoms with Gasteiger partial charge >= 0.3 is 0 Å². The molecular formula is C41H35ClN4O5S. The van der Waals surface area contributed by atoms with Gasteiger partial charge in [0, 0.05) is 28.8 Å². The Kier molecular flexibility index (Phi) is 7.24. The van der Waals surface area contributed by atoms with Gasteiger partial charge in [-0.2, -0.15) is 5.10 Å². The predicted octanol–water partition coefficient (Wildman–Crippen LogP) is 7.71. The lowest BCUT2D eigenvalue weighted by Gasteiger charge is -2.49. The number of para-hydroxylation sites is 1. The second-order valence-electron chi connectivity index (χ2n) is 14.8. The maximum absolute atomic E-state index is 15.1. The number of phenols is 1. The lowest BCUT2D eigenvalue weighted by Crippen LogP contribution is -2.49. The third-order valence-corrected chi connectivity index (χ3v) is 13.6.